The number of anilines is 1. The summed E-state index contributed by atoms with van der Waals surface area (Å²) in [5.74, 6) is 0.635. The second-order valence-electron chi connectivity index (χ2n) is 4.06. The molecule has 86 valence electrons. The van der Waals surface area contributed by atoms with Crippen LogP contribution >= 0.6 is 0 Å². The molecular formula is C13H11NO3. The molecule has 1 saturated carbocycles. The smallest absolute Gasteiger partial charge is 0.314 e. The van der Waals surface area contributed by atoms with Gasteiger partial charge in [-0.05, 0) is 36.5 Å². The van der Waals surface area contributed by atoms with E-state index < -0.39 is 17.3 Å². The zero-order valence-corrected chi connectivity index (χ0v) is 9.06. The van der Waals surface area contributed by atoms with E-state index in [0.29, 0.717) is 18.5 Å². The third-order valence-electron chi connectivity index (χ3n) is 2.99. The summed E-state index contributed by atoms with van der Waals surface area (Å²) in [6.07, 6.45) is 6.26. The van der Waals surface area contributed by atoms with E-state index in [9.17, 15) is 9.59 Å². The molecule has 2 rings (SSSR count). The van der Waals surface area contributed by atoms with Crippen molar-refractivity contribution >= 4 is 17.6 Å². The Kier molecular flexibility index (Phi) is 2.60. The van der Waals surface area contributed by atoms with Crippen LogP contribution < -0.4 is 5.32 Å². The fraction of sp³-hybridized carbons (Fsp3) is 0.231. The van der Waals surface area contributed by atoms with Crippen LogP contribution in [0, 0.1) is 12.3 Å². The highest BCUT2D eigenvalue weighted by atomic mass is 16.4. The van der Waals surface area contributed by atoms with Crippen LogP contribution in [0.5, 0.6) is 0 Å². The van der Waals surface area contributed by atoms with Gasteiger partial charge in [-0.15, -0.1) is 6.42 Å². The first-order valence-corrected chi connectivity index (χ1v) is 5.20. The summed E-state index contributed by atoms with van der Waals surface area (Å²) in [5, 5.41) is 11.6. The average Bonchev–Trinajstić information content (AvgIpc) is 3.11. The number of carbonyl (C=O) groups excluding carboxylic acids is 1. The van der Waals surface area contributed by atoms with Crippen molar-refractivity contribution in [2.45, 2.75) is 18.3 Å². The molecule has 0 aromatic heterocycles. The van der Waals surface area contributed by atoms with Gasteiger partial charge in [0, 0.05) is 5.69 Å². The second kappa shape index (κ2) is 3.95. The van der Waals surface area contributed by atoms with Crippen LogP contribution in [0.2, 0.25) is 0 Å². The van der Waals surface area contributed by atoms with Gasteiger partial charge < -0.3 is 10.4 Å². The number of terminal acetylenes is 1. The Balaban J connectivity index is 2.17. The Labute approximate surface area is 98.6 Å². The van der Waals surface area contributed by atoms with E-state index in [0.717, 1.165) is 5.56 Å². The number of aliphatic carboxylic acids is 1. The molecule has 0 bridgehead atoms. The van der Waals surface area contributed by atoms with Crippen molar-refractivity contribution in [1.82, 2.24) is 0 Å². The molecule has 0 heterocycles. The van der Waals surface area contributed by atoms with E-state index in [1.807, 2.05) is 5.92 Å². The molecule has 0 atom stereocenters. The maximum Gasteiger partial charge on any atom is 0.314 e. The average molecular weight is 229 g/mol. The molecule has 0 saturated heterocycles. The lowest BCUT2D eigenvalue weighted by molar-refractivity contribution is -0.140. The number of hydrogen-bond donors (Lipinski definition) is 2. The normalized spacial score (nSPS) is 15.7. The van der Waals surface area contributed by atoms with Crippen LogP contribution in [-0.4, -0.2) is 17.0 Å². The van der Waals surface area contributed by atoms with Crippen molar-refractivity contribution in [3.05, 3.63) is 29.8 Å². The highest BCUT2D eigenvalue weighted by molar-refractivity contribution is 6.03. The molecule has 0 unspecified atom stereocenters. The van der Waals surface area contributed by atoms with Gasteiger partial charge in [0.2, 0.25) is 0 Å². The topological polar surface area (TPSA) is 66.4 Å². The second-order valence-corrected chi connectivity index (χ2v) is 4.06. The number of carbonyl (C=O) groups is 2. The fourth-order valence-electron chi connectivity index (χ4n) is 1.79. The van der Waals surface area contributed by atoms with Gasteiger partial charge in [0.25, 0.3) is 5.91 Å². The molecule has 1 aromatic carbocycles. The van der Waals surface area contributed by atoms with Crippen LogP contribution in [0.3, 0.4) is 0 Å². The SMILES string of the molecule is C#CC(=O)Nc1ccc(C2(C(=O)O)CC2)cc1. The third kappa shape index (κ3) is 2.00. The van der Waals surface area contributed by atoms with Gasteiger partial charge in [-0.3, -0.25) is 9.59 Å². The van der Waals surface area contributed by atoms with Crippen molar-refractivity contribution in [1.29, 1.82) is 0 Å². The summed E-state index contributed by atoms with van der Waals surface area (Å²) in [7, 11) is 0. The van der Waals surface area contributed by atoms with E-state index in [1.54, 1.807) is 24.3 Å². The monoisotopic (exact) mass is 229 g/mol. The van der Waals surface area contributed by atoms with Crippen LogP contribution in [0.15, 0.2) is 24.3 Å². The molecule has 1 aliphatic rings. The van der Waals surface area contributed by atoms with Crippen molar-refractivity contribution in [3.8, 4) is 12.3 Å². The zero-order valence-electron chi connectivity index (χ0n) is 9.06. The van der Waals surface area contributed by atoms with Gasteiger partial charge in [-0.25, -0.2) is 0 Å². The molecule has 4 nitrogen and oxygen atoms in total. The molecule has 17 heavy (non-hydrogen) atoms. The quantitative estimate of drug-likeness (QED) is 0.769. The summed E-state index contributed by atoms with van der Waals surface area (Å²) in [4.78, 5) is 22.0. The molecule has 1 amide bonds. The minimum atomic E-state index is -0.794. The minimum absolute atomic E-state index is 0.517. The number of rotatable bonds is 3. The van der Waals surface area contributed by atoms with Gasteiger partial charge in [0.05, 0.1) is 5.41 Å². The van der Waals surface area contributed by atoms with Crippen molar-refractivity contribution in [2.24, 2.45) is 0 Å². The standard InChI is InChI=1S/C13H11NO3/c1-2-11(15)14-10-5-3-9(4-6-10)13(7-8-13)12(16)17/h1,3-6H,7-8H2,(H,14,15)(H,16,17). The first-order chi connectivity index (χ1) is 8.08. The largest absolute Gasteiger partial charge is 0.481 e. The number of hydrogen-bond acceptors (Lipinski definition) is 2. The minimum Gasteiger partial charge on any atom is -0.481 e. The Bertz CT molecular complexity index is 506. The van der Waals surface area contributed by atoms with Crippen LogP contribution in [-0.2, 0) is 15.0 Å². The number of amides is 1. The summed E-state index contributed by atoms with van der Waals surface area (Å²) in [5.41, 5.74) is 0.621. The van der Waals surface area contributed by atoms with Crippen LogP contribution in [0.1, 0.15) is 18.4 Å². The Morgan fingerprint density at radius 3 is 2.29 bits per heavy atom. The maximum absolute atomic E-state index is 11.1. The molecule has 1 fully saturated rings. The third-order valence-corrected chi connectivity index (χ3v) is 2.99. The highest BCUT2D eigenvalue weighted by Gasteiger charge is 2.51. The molecule has 0 aliphatic heterocycles. The van der Waals surface area contributed by atoms with E-state index >= 15 is 0 Å². The highest BCUT2D eigenvalue weighted by Crippen LogP contribution is 2.48. The van der Waals surface area contributed by atoms with Gasteiger partial charge in [0.1, 0.15) is 0 Å². The first kappa shape index (κ1) is 11.2. The predicted octanol–water partition coefficient (Wildman–Crippen LogP) is 1.37. The van der Waals surface area contributed by atoms with Crippen molar-refractivity contribution in [2.75, 3.05) is 5.32 Å². The van der Waals surface area contributed by atoms with Gasteiger partial charge in [0.15, 0.2) is 0 Å². The number of carboxylic acids is 1. The van der Waals surface area contributed by atoms with Crippen LogP contribution in [0.25, 0.3) is 0 Å². The molecular weight excluding hydrogens is 218 g/mol. The Morgan fingerprint density at radius 1 is 1.29 bits per heavy atom. The van der Waals surface area contributed by atoms with Gasteiger partial charge >= 0.3 is 5.97 Å². The lowest BCUT2D eigenvalue weighted by Gasteiger charge is -2.10. The Hall–Kier alpha value is -2.28. The lowest BCUT2D eigenvalue weighted by Crippen LogP contribution is -2.19. The summed E-state index contributed by atoms with van der Waals surface area (Å²) in [6, 6.07) is 6.75. The molecule has 2 N–H and O–H groups in total. The van der Waals surface area contributed by atoms with E-state index in [-0.39, 0.29) is 0 Å². The first-order valence-electron chi connectivity index (χ1n) is 5.20. The number of nitrogens with one attached hydrogen (secondary N) is 1. The predicted molar refractivity (Wildman–Crippen MR) is 62.5 cm³/mol. The van der Waals surface area contributed by atoms with E-state index in [2.05, 4.69) is 5.32 Å². The zero-order chi connectivity index (χ0) is 12.5. The lowest BCUT2D eigenvalue weighted by atomic mass is 9.96. The summed E-state index contributed by atoms with van der Waals surface area (Å²) >= 11 is 0. The number of carboxylic acid groups (broad SMARTS) is 1. The molecule has 1 aliphatic carbocycles. The number of benzene rings is 1. The van der Waals surface area contributed by atoms with Crippen molar-refractivity contribution in [3.63, 3.8) is 0 Å². The molecule has 0 spiro atoms. The Morgan fingerprint density at radius 2 is 1.88 bits per heavy atom. The van der Waals surface area contributed by atoms with E-state index in [4.69, 9.17) is 11.5 Å². The van der Waals surface area contributed by atoms with Crippen LogP contribution in [0.4, 0.5) is 5.69 Å². The maximum atomic E-state index is 11.1. The molecule has 0 radical (unpaired) electrons. The summed E-state index contributed by atoms with van der Waals surface area (Å²) in [6.45, 7) is 0. The molecule has 4 heteroatoms. The van der Waals surface area contributed by atoms with Gasteiger partial charge in [-0.1, -0.05) is 12.1 Å². The van der Waals surface area contributed by atoms with Gasteiger partial charge in [-0.2, -0.15) is 0 Å². The van der Waals surface area contributed by atoms with Crippen molar-refractivity contribution < 1.29 is 14.7 Å². The van der Waals surface area contributed by atoms with E-state index in [1.165, 1.54) is 0 Å². The summed E-state index contributed by atoms with van der Waals surface area (Å²) < 4.78 is 0. The fourth-order valence-corrected chi connectivity index (χ4v) is 1.79. The molecule has 1 aromatic rings.